The molecule has 3 aromatic heterocycles. The lowest BCUT2D eigenvalue weighted by Gasteiger charge is -2.20. The van der Waals surface area contributed by atoms with E-state index in [1.165, 1.54) is 4.57 Å². The molecule has 0 fully saturated rings. The highest BCUT2D eigenvalue weighted by Gasteiger charge is 2.16. The number of benzene rings is 2. The van der Waals surface area contributed by atoms with Gasteiger partial charge in [0.05, 0.1) is 16.4 Å². The Morgan fingerprint density at radius 2 is 1.98 bits per heavy atom. The Kier molecular flexibility index (Phi) is 11.4. The molecule has 0 aliphatic heterocycles. The van der Waals surface area contributed by atoms with Crippen LogP contribution >= 0.6 is 11.6 Å². The van der Waals surface area contributed by atoms with Crippen LogP contribution in [0.3, 0.4) is 0 Å². The van der Waals surface area contributed by atoms with Crippen molar-refractivity contribution < 1.29 is 8.78 Å². The standard InChI is InChI=1S/C33H39ClF2N10O/c1-20(37)3-2-4-22-13-26(30(36)27(34)14-22)28-15-23-19-46(33(47)45-31(23)44-28)25-7-5-21(6-8-25)17-42-24(9-10-39-29(38)16-35)18-43-32-40-11-12-41-32/h5-8,11-15,19-20,24,42H,2-4,9-10,16-18,37H2,1H3,(H2,38,39)(H2,40,41,43)(H,44,45,47)/t20-,24+/m0/s1. The first-order valence-corrected chi connectivity index (χ1v) is 15.9. The molecular weight excluding hydrogens is 626 g/mol. The molecule has 0 aliphatic carbocycles. The fourth-order valence-corrected chi connectivity index (χ4v) is 5.52. The molecule has 11 nitrogen and oxygen atoms in total. The number of rotatable bonds is 16. The molecular formula is C33H39ClF2N10O. The highest BCUT2D eigenvalue weighted by atomic mass is 35.5. The summed E-state index contributed by atoms with van der Waals surface area (Å²) in [5.41, 5.74) is 9.07. The van der Waals surface area contributed by atoms with Gasteiger partial charge in [-0.25, -0.2) is 18.6 Å². The monoisotopic (exact) mass is 664 g/mol. The summed E-state index contributed by atoms with van der Waals surface area (Å²) in [6.07, 6.45) is 8.13. The number of H-pyrrole nitrogens is 2. The van der Waals surface area contributed by atoms with Crippen LogP contribution in [0.1, 0.15) is 37.3 Å². The molecule has 0 amide bonds. The van der Waals surface area contributed by atoms with Crippen LogP contribution in [0.25, 0.3) is 28.0 Å². The molecule has 2 atom stereocenters. The Morgan fingerprint density at radius 1 is 1.17 bits per heavy atom. The van der Waals surface area contributed by atoms with E-state index in [0.717, 1.165) is 30.4 Å². The predicted octanol–water partition coefficient (Wildman–Crippen LogP) is 5.06. The minimum Gasteiger partial charge on any atom is -0.372 e. The first-order chi connectivity index (χ1) is 22.7. The molecule has 248 valence electrons. The summed E-state index contributed by atoms with van der Waals surface area (Å²) in [5, 5.41) is 17.7. The largest absolute Gasteiger partial charge is 0.372 e. The number of aryl methyl sites for hydroxylation is 1. The molecule has 0 bridgehead atoms. The molecule has 0 unspecified atom stereocenters. The third-order valence-corrected chi connectivity index (χ3v) is 8.07. The number of nitrogens with one attached hydrogen (secondary N) is 6. The lowest BCUT2D eigenvalue weighted by molar-refractivity contribution is 0.489. The summed E-state index contributed by atoms with van der Waals surface area (Å²) in [5.74, 6) is -0.0404. The molecule has 5 rings (SSSR count). The second-order valence-electron chi connectivity index (χ2n) is 11.6. The van der Waals surface area contributed by atoms with Crippen LogP contribution in [0.2, 0.25) is 5.02 Å². The number of fused-ring (bicyclic) bond motifs is 1. The molecule has 0 radical (unpaired) electrons. The molecule has 3 heterocycles. The van der Waals surface area contributed by atoms with E-state index in [1.807, 2.05) is 31.2 Å². The Bertz CT molecular complexity index is 1840. The second-order valence-corrected chi connectivity index (χ2v) is 12.0. The predicted molar refractivity (Wildman–Crippen MR) is 183 cm³/mol. The summed E-state index contributed by atoms with van der Waals surface area (Å²) < 4.78 is 29.3. The van der Waals surface area contributed by atoms with Crippen molar-refractivity contribution >= 4 is 34.4 Å². The van der Waals surface area contributed by atoms with Gasteiger partial charge in [0, 0.05) is 61.3 Å². The number of anilines is 1. The van der Waals surface area contributed by atoms with Crippen LogP contribution < -0.4 is 27.4 Å². The number of nitrogens with two attached hydrogens (primary N) is 1. The number of halogens is 3. The number of imidazole rings is 1. The molecule has 0 saturated heterocycles. The van der Waals surface area contributed by atoms with Gasteiger partial charge in [0.25, 0.3) is 0 Å². The number of nitrogens with zero attached hydrogens (tertiary/aromatic N) is 3. The first kappa shape index (κ1) is 33.8. The van der Waals surface area contributed by atoms with Gasteiger partial charge < -0.3 is 31.7 Å². The van der Waals surface area contributed by atoms with Crippen molar-refractivity contribution in [3.8, 4) is 16.9 Å². The van der Waals surface area contributed by atoms with Crippen molar-refractivity contribution in [1.29, 1.82) is 5.41 Å². The van der Waals surface area contributed by atoms with Crippen LogP contribution in [-0.2, 0) is 13.0 Å². The third kappa shape index (κ3) is 9.03. The lowest BCUT2D eigenvalue weighted by atomic mass is 10.0. The van der Waals surface area contributed by atoms with Crippen molar-refractivity contribution in [3.63, 3.8) is 0 Å². The van der Waals surface area contributed by atoms with Crippen LogP contribution in [0.15, 0.2) is 65.8 Å². The number of amidine groups is 1. The molecule has 47 heavy (non-hydrogen) atoms. The highest BCUT2D eigenvalue weighted by Crippen LogP contribution is 2.31. The Morgan fingerprint density at radius 3 is 2.70 bits per heavy atom. The number of alkyl halides is 1. The quantitative estimate of drug-likeness (QED) is 0.0572. The Hall–Kier alpha value is -4.59. The van der Waals surface area contributed by atoms with Crippen molar-refractivity contribution in [3.05, 3.63) is 93.5 Å². The Balaban J connectivity index is 1.28. The van der Waals surface area contributed by atoms with Gasteiger partial charge in [-0.2, -0.15) is 4.98 Å². The minimum atomic E-state index is -0.831. The average molecular weight is 665 g/mol. The zero-order chi connectivity index (χ0) is 33.3. The number of hydrogen-bond acceptors (Lipinski definition) is 7. The smallest absolute Gasteiger partial charge is 0.354 e. The van der Waals surface area contributed by atoms with E-state index in [0.29, 0.717) is 60.0 Å². The van der Waals surface area contributed by atoms with Crippen molar-refractivity contribution in [2.75, 3.05) is 25.1 Å². The normalized spacial score (nSPS) is 12.7. The molecule has 8 N–H and O–H groups in total. The second kappa shape index (κ2) is 15.8. The van der Waals surface area contributed by atoms with E-state index in [2.05, 4.69) is 35.9 Å². The van der Waals surface area contributed by atoms with E-state index < -0.39 is 18.2 Å². The summed E-state index contributed by atoms with van der Waals surface area (Å²) in [6, 6.07) is 12.8. The van der Waals surface area contributed by atoms with Gasteiger partial charge in [-0.05, 0) is 74.1 Å². The molecule has 0 spiro atoms. The van der Waals surface area contributed by atoms with E-state index in [-0.39, 0.29) is 22.9 Å². The van der Waals surface area contributed by atoms with Crippen LogP contribution in [0.4, 0.5) is 14.7 Å². The van der Waals surface area contributed by atoms with E-state index in [9.17, 15) is 9.18 Å². The van der Waals surface area contributed by atoms with Crippen LogP contribution in [0, 0.1) is 11.2 Å². The number of hydrogen-bond donors (Lipinski definition) is 7. The molecule has 2 aromatic carbocycles. The average Bonchev–Trinajstić information content (AvgIpc) is 3.73. The maximum Gasteiger partial charge on any atom is 0.354 e. The molecule has 0 saturated carbocycles. The van der Waals surface area contributed by atoms with Crippen molar-refractivity contribution in [1.82, 2.24) is 35.1 Å². The zero-order valence-corrected chi connectivity index (χ0v) is 26.8. The molecule has 5 aromatic rings. The molecule has 14 heteroatoms. The van der Waals surface area contributed by atoms with E-state index in [1.54, 1.807) is 36.8 Å². The maximum absolute atomic E-state index is 15.1. The SMILES string of the molecule is C[C@H](N)CCCc1cc(Cl)c(F)c(-c2cc3cn(-c4ccc(CN[C@H](CCNC(=N)CF)CNc5ncc[nH]5)cc4)c(=O)nc3[nH]2)c1. The maximum atomic E-state index is 15.1. The number of aromatic nitrogens is 5. The highest BCUT2D eigenvalue weighted by molar-refractivity contribution is 6.31. The van der Waals surface area contributed by atoms with Gasteiger partial charge in [-0.15, -0.1) is 0 Å². The third-order valence-electron chi connectivity index (χ3n) is 7.80. The lowest BCUT2D eigenvalue weighted by Crippen LogP contribution is -2.39. The van der Waals surface area contributed by atoms with Gasteiger partial charge in [0.2, 0.25) is 0 Å². The zero-order valence-electron chi connectivity index (χ0n) is 26.0. The van der Waals surface area contributed by atoms with Gasteiger partial charge in [-0.3, -0.25) is 9.98 Å². The van der Waals surface area contributed by atoms with Crippen LogP contribution in [0.5, 0.6) is 0 Å². The summed E-state index contributed by atoms with van der Waals surface area (Å²) in [4.78, 5) is 27.5. The van der Waals surface area contributed by atoms with E-state index in [4.69, 9.17) is 22.7 Å². The van der Waals surface area contributed by atoms with Gasteiger partial charge in [0.1, 0.15) is 18.2 Å². The summed E-state index contributed by atoms with van der Waals surface area (Å²) in [6.45, 7) is 2.66. The topological polar surface area (TPSA) is 165 Å². The Labute approximate surface area is 275 Å². The van der Waals surface area contributed by atoms with Crippen molar-refractivity contribution in [2.45, 2.75) is 51.2 Å². The fourth-order valence-electron chi connectivity index (χ4n) is 5.28. The van der Waals surface area contributed by atoms with Crippen molar-refractivity contribution in [2.24, 2.45) is 5.73 Å². The minimum absolute atomic E-state index is 0.00764. The van der Waals surface area contributed by atoms with E-state index >= 15 is 4.39 Å². The fraction of sp³-hybridized carbons (Fsp3) is 0.333. The van der Waals surface area contributed by atoms with Crippen LogP contribution in [-0.4, -0.2) is 62.2 Å². The first-order valence-electron chi connectivity index (χ1n) is 15.5. The van der Waals surface area contributed by atoms with Gasteiger partial charge in [-0.1, -0.05) is 23.7 Å². The molecule has 0 aliphatic rings. The summed E-state index contributed by atoms with van der Waals surface area (Å²) >= 11 is 6.25. The van der Waals surface area contributed by atoms with Gasteiger partial charge in [0.15, 0.2) is 11.8 Å². The van der Waals surface area contributed by atoms with Gasteiger partial charge >= 0.3 is 5.69 Å². The number of aromatic amines is 2. The summed E-state index contributed by atoms with van der Waals surface area (Å²) in [7, 11) is 0.